The van der Waals surface area contributed by atoms with Gasteiger partial charge in [-0.3, -0.25) is 0 Å². The topological polar surface area (TPSA) is 35.2 Å². The fourth-order valence-electron chi connectivity index (χ4n) is 0.0962. The monoisotopic (exact) mass is 74.1 g/mol. The summed E-state index contributed by atoms with van der Waals surface area (Å²) in [6.07, 6.45) is 1.83. The van der Waals surface area contributed by atoms with Crippen LogP contribution in [0.4, 0.5) is 0 Å². The predicted octanol–water partition coefficient (Wildman–Crippen LogP) is 0.101. The van der Waals surface area contributed by atoms with Crippen molar-refractivity contribution in [2.75, 3.05) is 6.61 Å². The Bertz CT molecular complexity index is 14.4. The van der Waals surface area contributed by atoms with Crippen molar-refractivity contribution in [2.24, 2.45) is 5.90 Å². The van der Waals surface area contributed by atoms with Gasteiger partial charge >= 0.3 is 0 Å². The summed E-state index contributed by atoms with van der Waals surface area (Å²) in [6.45, 7) is 2.42. The molecule has 0 spiro atoms. The SMILES string of the molecule is C[CH]CON. The van der Waals surface area contributed by atoms with Crippen LogP contribution in [0.5, 0.6) is 0 Å². The quantitative estimate of drug-likeness (QED) is 0.471. The zero-order chi connectivity index (χ0) is 4.12. The number of rotatable bonds is 2. The lowest BCUT2D eigenvalue weighted by Crippen LogP contribution is -1.98. The third kappa shape index (κ3) is 3.92. The molecule has 2 nitrogen and oxygen atoms in total. The highest BCUT2D eigenvalue weighted by Gasteiger charge is 1.67. The largest absolute Gasteiger partial charge is 0.304 e. The molecule has 0 amide bonds. The van der Waals surface area contributed by atoms with E-state index < -0.39 is 0 Å². The molecule has 0 atom stereocenters. The van der Waals surface area contributed by atoms with E-state index in [2.05, 4.69) is 10.7 Å². The van der Waals surface area contributed by atoms with Crippen LogP contribution in [0.3, 0.4) is 0 Å². The van der Waals surface area contributed by atoms with Crippen molar-refractivity contribution in [3.8, 4) is 0 Å². The third-order valence-corrected chi connectivity index (χ3v) is 0.263. The van der Waals surface area contributed by atoms with Gasteiger partial charge in [-0.2, -0.15) is 0 Å². The Kier molecular flexibility index (Phi) is 3.86. The van der Waals surface area contributed by atoms with Gasteiger partial charge in [-0.25, -0.2) is 5.90 Å². The second kappa shape index (κ2) is 3.92. The van der Waals surface area contributed by atoms with Gasteiger partial charge in [-0.15, -0.1) is 0 Å². The third-order valence-electron chi connectivity index (χ3n) is 0.263. The highest BCUT2D eigenvalue weighted by Crippen LogP contribution is 1.65. The lowest BCUT2D eigenvalue weighted by Gasteiger charge is -1.83. The number of hydrogen-bond donors (Lipinski definition) is 1. The molecule has 0 unspecified atom stereocenters. The zero-order valence-electron chi connectivity index (χ0n) is 3.27. The molecular weight excluding hydrogens is 66.0 g/mol. The summed E-state index contributed by atoms with van der Waals surface area (Å²) in [5, 5.41) is 0. The van der Waals surface area contributed by atoms with Gasteiger partial charge in [0.2, 0.25) is 0 Å². The molecule has 0 aromatic heterocycles. The van der Waals surface area contributed by atoms with Crippen molar-refractivity contribution in [2.45, 2.75) is 6.92 Å². The second-order valence-electron chi connectivity index (χ2n) is 0.742. The minimum absolute atomic E-state index is 0.542. The first-order chi connectivity index (χ1) is 2.41. The summed E-state index contributed by atoms with van der Waals surface area (Å²) >= 11 is 0. The Labute approximate surface area is 31.9 Å². The molecule has 2 N–H and O–H groups in total. The molecule has 0 saturated heterocycles. The second-order valence-corrected chi connectivity index (χ2v) is 0.742. The minimum Gasteiger partial charge on any atom is -0.304 e. The van der Waals surface area contributed by atoms with Crippen LogP contribution in [-0.2, 0) is 4.84 Å². The fraction of sp³-hybridized carbons (Fsp3) is 0.667. The lowest BCUT2D eigenvalue weighted by molar-refractivity contribution is 0.159. The van der Waals surface area contributed by atoms with Crippen molar-refractivity contribution < 1.29 is 4.84 Å². The maximum atomic E-state index is 4.61. The molecule has 0 saturated carbocycles. The Morgan fingerprint density at radius 3 is 2.60 bits per heavy atom. The molecule has 0 aromatic rings. The molecule has 0 heterocycles. The molecule has 0 aliphatic rings. The van der Waals surface area contributed by atoms with Gasteiger partial charge in [0.1, 0.15) is 0 Å². The van der Waals surface area contributed by atoms with E-state index in [9.17, 15) is 0 Å². The van der Waals surface area contributed by atoms with E-state index in [1.165, 1.54) is 0 Å². The van der Waals surface area contributed by atoms with E-state index in [1.54, 1.807) is 0 Å². The fourth-order valence-corrected chi connectivity index (χ4v) is 0.0962. The van der Waals surface area contributed by atoms with Gasteiger partial charge in [0.05, 0.1) is 6.61 Å². The van der Waals surface area contributed by atoms with Gasteiger partial charge < -0.3 is 4.84 Å². The molecule has 31 valence electrons. The summed E-state index contributed by atoms with van der Waals surface area (Å²) in [7, 11) is 0. The first-order valence-corrected chi connectivity index (χ1v) is 1.51. The molecule has 5 heavy (non-hydrogen) atoms. The van der Waals surface area contributed by atoms with Crippen molar-refractivity contribution in [1.82, 2.24) is 0 Å². The summed E-state index contributed by atoms with van der Waals surface area (Å²) in [4.78, 5) is 4.14. The molecule has 0 aliphatic heterocycles. The Morgan fingerprint density at radius 1 is 2.00 bits per heavy atom. The highest BCUT2D eigenvalue weighted by atomic mass is 16.6. The van der Waals surface area contributed by atoms with E-state index in [0.29, 0.717) is 6.61 Å². The van der Waals surface area contributed by atoms with E-state index in [1.807, 2.05) is 13.3 Å². The average Bonchev–Trinajstić information content (AvgIpc) is 1.41. The maximum absolute atomic E-state index is 4.61. The van der Waals surface area contributed by atoms with Gasteiger partial charge in [0.25, 0.3) is 0 Å². The first kappa shape index (κ1) is 4.92. The molecule has 0 rings (SSSR count). The first-order valence-electron chi connectivity index (χ1n) is 1.51. The normalized spacial score (nSPS) is 8.40. The van der Waals surface area contributed by atoms with Crippen LogP contribution < -0.4 is 5.90 Å². The van der Waals surface area contributed by atoms with Crippen LogP contribution in [0.25, 0.3) is 0 Å². The van der Waals surface area contributed by atoms with Crippen LogP contribution in [0.1, 0.15) is 6.92 Å². The number of hydrogen-bond acceptors (Lipinski definition) is 2. The van der Waals surface area contributed by atoms with Crippen LogP contribution in [0.15, 0.2) is 0 Å². The van der Waals surface area contributed by atoms with Crippen LogP contribution >= 0.6 is 0 Å². The van der Waals surface area contributed by atoms with Gasteiger partial charge in [0.15, 0.2) is 0 Å². The smallest absolute Gasteiger partial charge is 0.0708 e. The Balaban J connectivity index is 2.19. The molecule has 2 heteroatoms. The van der Waals surface area contributed by atoms with Gasteiger partial charge in [-0.1, -0.05) is 6.92 Å². The van der Waals surface area contributed by atoms with Crippen molar-refractivity contribution in [3.05, 3.63) is 6.42 Å². The highest BCUT2D eigenvalue weighted by molar-refractivity contribution is 4.48. The molecule has 0 aliphatic carbocycles. The predicted molar refractivity (Wildman–Crippen MR) is 20.1 cm³/mol. The molecule has 0 fully saturated rings. The van der Waals surface area contributed by atoms with Gasteiger partial charge in [-0.05, 0) is 6.42 Å². The Hall–Kier alpha value is -0.0800. The Morgan fingerprint density at radius 2 is 2.60 bits per heavy atom. The van der Waals surface area contributed by atoms with E-state index >= 15 is 0 Å². The zero-order valence-corrected chi connectivity index (χ0v) is 3.27. The van der Waals surface area contributed by atoms with Crippen LogP contribution in [0.2, 0.25) is 0 Å². The van der Waals surface area contributed by atoms with E-state index in [4.69, 9.17) is 0 Å². The summed E-state index contributed by atoms with van der Waals surface area (Å²) in [5.41, 5.74) is 0. The average molecular weight is 74.1 g/mol. The standard InChI is InChI=1S/C3H8NO/c1-2-3-5-4/h2H,3-4H2,1H3. The molecule has 0 bridgehead atoms. The molecular formula is C3H8NO. The van der Waals surface area contributed by atoms with E-state index in [0.717, 1.165) is 0 Å². The molecule has 0 aromatic carbocycles. The molecule has 1 radical (unpaired) electrons. The summed E-state index contributed by atoms with van der Waals surface area (Å²) in [5.74, 6) is 4.61. The van der Waals surface area contributed by atoms with Crippen molar-refractivity contribution >= 4 is 0 Å². The van der Waals surface area contributed by atoms with Gasteiger partial charge in [0, 0.05) is 0 Å². The van der Waals surface area contributed by atoms with Crippen molar-refractivity contribution in [3.63, 3.8) is 0 Å². The van der Waals surface area contributed by atoms with Crippen molar-refractivity contribution in [1.29, 1.82) is 0 Å². The van der Waals surface area contributed by atoms with Crippen LogP contribution in [0, 0.1) is 6.42 Å². The summed E-state index contributed by atoms with van der Waals surface area (Å²) < 4.78 is 0. The van der Waals surface area contributed by atoms with E-state index in [-0.39, 0.29) is 0 Å². The lowest BCUT2D eigenvalue weighted by atomic mass is 10.5. The minimum atomic E-state index is 0.542. The van der Waals surface area contributed by atoms with Crippen LogP contribution in [-0.4, -0.2) is 6.61 Å². The summed E-state index contributed by atoms with van der Waals surface area (Å²) in [6, 6.07) is 0. The maximum Gasteiger partial charge on any atom is 0.0708 e. The number of nitrogens with two attached hydrogens (primary N) is 1.